The summed E-state index contributed by atoms with van der Waals surface area (Å²) >= 11 is 0. The number of rotatable bonds is 4. The molecule has 2 saturated heterocycles. The minimum atomic E-state index is -0.385. The number of nitrogens with zero attached hydrogens (tertiary/aromatic N) is 4. The lowest BCUT2D eigenvalue weighted by Gasteiger charge is -2.43. The fourth-order valence-corrected chi connectivity index (χ4v) is 4.66. The maximum absolute atomic E-state index is 13.5. The molecule has 0 spiro atoms. The molecule has 2 fully saturated rings. The molecule has 0 bridgehead atoms. The van der Waals surface area contributed by atoms with Crippen LogP contribution in [0, 0.1) is 5.92 Å². The van der Waals surface area contributed by atoms with Crippen molar-refractivity contribution in [3.05, 3.63) is 42.1 Å². The van der Waals surface area contributed by atoms with Crippen molar-refractivity contribution >= 4 is 22.7 Å². The highest BCUT2D eigenvalue weighted by atomic mass is 16.2. The molecule has 6 heteroatoms. The van der Waals surface area contributed by atoms with Crippen molar-refractivity contribution in [2.75, 3.05) is 27.2 Å². The molecule has 0 radical (unpaired) electrons. The standard InChI is InChI=1S/C23H30N4O2/c1-15(2)10-21-23(29)26-13-18(25(3)4)12-19(26)14-27(21)22(28)17-7-8-20-16(11-17)6-5-9-24-20/h5-9,11,15,18-19,21H,10,12-14H2,1-4H3/t18-,19-,21-/m0/s1. The van der Waals surface area contributed by atoms with Gasteiger partial charge in [0.05, 0.1) is 11.6 Å². The van der Waals surface area contributed by atoms with Crippen molar-refractivity contribution in [1.82, 2.24) is 19.7 Å². The highest BCUT2D eigenvalue weighted by Crippen LogP contribution is 2.31. The number of fused-ring (bicyclic) bond motifs is 2. The van der Waals surface area contributed by atoms with Crippen molar-refractivity contribution in [3.8, 4) is 0 Å². The maximum atomic E-state index is 13.5. The summed E-state index contributed by atoms with van der Waals surface area (Å²) in [5.41, 5.74) is 1.50. The molecule has 1 aromatic heterocycles. The van der Waals surface area contributed by atoms with E-state index in [0.717, 1.165) is 23.9 Å². The molecule has 3 atom stereocenters. The van der Waals surface area contributed by atoms with E-state index < -0.39 is 0 Å². The Kier molecular flexibility index (Phi) is 5.30. The van der Waals surface area contributed by atoms with Crippen LogP contribution in [0.4, 0.5) is 0 Å². The predicted molar refractivity (Wildman–Crippen MR) is 114 cm³/mol. The zero-order valence-electron chi connectivity index (χ0n) is 17.7. The molecule has 1 aromatic carbocycles. The molecule has 2 aromatic rings. The van der Waals surface area contributed by atoms with Crippen LogP contribution in [0.15, 0.2) is 36.5 Å². The normalized spacial score (nSPS) is 24.6. The molecule has 0 aliphatic carbocycles. The lowest BCUT2D eigenvalue weighted by atomic mass is 9.96. The first-order valence-electron chi connectivity index (χ1n) is 10.5. The quantitative estimate of drug-likeness (QED) is 0.800. The summed E-state index contributed by atoms with van der Waals surface area (Å²) in [5, 5.41) is 0.942. The average molecular weight is 395 g/mol. The predicted octanol–water partition coefficient (Wildman–Crippen LogP) is 2.64. The number of amides is 2. The third-order valence-electron chi connectivity index (χ3n) is 6.28. The van der Waals surface area contributed by atoms with E-state index >= 15 is 0 Å². The third kappa shape index (κ3) is 3.73. The highest BCUT2D eigenvalue weighted by molar-refractivity contribution is 6.01. The smallest absolute Gasteiger partial charge is 0.254 e. The van der Waals surface area contributed by atoms with E-state index in [1.165, 1.54) is 0 Å². The van der Waals surface area contributed by atoms with Gasteiger partial charge in [0.2, 0.25) is 5.91 Å². The lowest BCUT2D eigenvalue weighted by Crippen LogP contribution is -2.61. The van der Waals surface area contributed by atoms with Gasteiger partial charge in [-0.15, -0.1) is 0 Å². The monoisotopic (exact) mass is 394 g/mol. The van der Waals surface area contributed by atoms with Gasteiger partial charge in [-0.3, -0.25) is 14.6 Å². The van der Waals surface area contributed by atoms with Crippen molar-refractivity contribution in [1.29, 1.82) is 0 Å². The fraction of sp³-hybridized carbons (Fsp3) is 0.522. The number of carbonyl (C=O) groups is 2. The van der Waals surface area contributed by atoms with Gasteiger partial charge in [0, 0.05) is 36.3 Å². The van der Waals surface area contributed by atoms with E-state index in [-0.39, 0.29) is 23.9 Å². The van der Waals surface area contributed by atoms with Crippen LogP contribution in [-0.2, 0) is 4.79 Å². The molecule has 2 amide bonds. The molecule has 154 valence electrons. The second-order valence-electron chi connectivity index (χ2n) is 9.01. The molecule has 0 unspecified atom stereocenters. The molecule has 0 saturated carbocycles. The van der Waals surface area contributed by atoms with E-state index in [1.807, 2.05) is 40.1 Å². The molecule has 6 nitrogen and oxygen atoms in total. The molecular formula is C23H30N4O2. The van der Waals surface area contributed by atoms with E-state index in [0.29, 0.717) is 30.5 Å². The van der Waals surface area contributed by atoms with Crippen molar-refractivity contribution < 1.29 is 9.59 Å². The van der Waals surface area contributed by atoms with Crippen LogP contribution in [0.1, 0.15) is 37.0 Å². The Hall–Kier alpha value is -2.47. The SMILES string of the molecule is CC(C)C[C@H]1C(=O)N2C[C@@H](N(C)C)C[C@H]2CN1C(=O)c1ccc2ncccc2c1. The first kappa shape index (κ1) is 19.8. The van der Waals surface area contributed by atoms with Gasteiger partial charge in [-0.2, -0.15) is 0 Å². The Morgan fingerprint density at radius 3 is 2.76 bits per heavy atom. The lowest BCUT2D eigenvalue weighted by molar-refractivity contribution is -0.142. The Balaban J connectivity index is 1.65. The topological polar surface area (TPSA) is 56.8 Å². The fourth-order valence-electron chi connectivity index (χ4n) is 4.66. The number of piperazine rings is 1. The third-order valence-corrected chi connectivity index (χ3v) is 6.28. The van der Waals surface area contributed by atoms with Crippen LogP contribution >= 0.6 is 0 Å². The number of likely N-dealkylation sites (N-methyl/N-ethyl adjacent to an activating group) is 1. The van der Waals surface area contributed by atoms with Crippen LogP contribution in [0.25, 0.3) is 10.9 Å². The van der Waals surface area contributed by atoms with Gasteiger partial charge < -0.3 is 14.7 Å². The van der Waals surface area contributed by atoms with Gasteiger partial charge in [0.15, 0.2) is 0 Å². The van der Waals surface area contributed by atoms with Crippen LogP contribution < -0.4 is 0 Å². The second kappa shape index (κ2) is 7.75. The van der Waals surface area contributed by atoms with E-state index in [9.17, 15) is 9.59 Å². The zero-order chi connectivity index (χ0) is 20.7. The molecule has 2 aliphatic rings. The molecule has 2 aliphatic heterocycles. The van der Waals surface area contributed by atoms with Gasteiger partial charge in [-0.05, 0) is 57.1 Å². The molecular weight excluding hydrogens is 364 g/mol. The first-order chi connectivity index (χ1) is 13.8. The minimum Gasteiger partial charge on any atom is -0.335 e. The van der Waals surface area contributed by atoms with Crippen LogP contribution in [0.3, 0.4) is 0 Å². The average Bonchev–Trinajstić information content (AvgIpc) is 3.14. The molecule has 0 N–H and O–H groups in total. The Bertz CT molecular complexity index is 926. The van der Waals surface area contributed by atoms with Gasteiger partial charge in [-0.1, -0.05) is 19.9 Å². The number of aromatic nitrogens is 1. The largest absolute Gasteiger partial charge is 0.335 e. The summed E-state index contributed by atoms with van der Waals surface area (Å²) < 4.78 is 0. The van der Waals surface area contributed by atoms with Gasteiger partial charge in [0.1, 0.15) is 6.04 Å². The van der Waals surface area contributed by atoms with Gasteiger partial charge in [-0.25, -0.2) is 0 Å². The molecule has 3 heterocycles. The number of carbonyl (C=O) groups excluding carboxylic acids is 2. The van der Waals surface area contributed by atoms with Gasteiger partial charge >= 0.3 is 0 Å². The van der Waals surface area contributed by atoms with E-state index in [2.05, 4.69) is 37.8 Å². The summed E-state index contributed by atoms with van der Waals surface area (Å²) in [4.78, 5) is 37.3. The van der Waals surface area contributed by atoms with Crippen molar-refractivity contribution in [3.63, 3.8) is 0 Å². The van der Waals surface area contributed by atoms with E-state index in [4.69, 9.17) is 0 Å². The number of benzene rings is 1. The summed E-state index contributed by atoms with van der Waals surface area (Å²) in [7, 11) is 4.12. The molecule has 4 rings (SSSR count). The first-order valence-corrected chi connectivity index (χ1v) is 10.5. The maximum Gasteiger partial charge on any atom is 0.254 e. The minimum absolute atomic E-state index is 0.0530. The number of hydrogen-bond donors (Lipinski definition) is 0. The number of hydrogen-bond acceptors (Lipinski definition) is 4. The van der Waals surface area contributed by atoms with Crippen LogP contribution in [-0.4, -0.2) is 76.8 Å². The zero-order valence-corrected chi connectivity index (χ0v) is 17.7. The summed E-state index contributed by atoms with van der Waals surface area (Å²) in [5.74, 6) is 0.390. The van der Waals surface area contributed by atoms with Crippen molar-refractivity contribution in [2.45, 2.75) is 44.8 Å². The van der Waals surface area contributed by atoms with Gasteiger partial charge in [0.25, 0.3) is 5.91 Å². The highest BCUT2D eigenvalue weighted by Gasteiger charge is 2.47. The summed E-state index contributed by atoms with van der Waals surface area (Å²) in [6.45, 7) is 5.58. The van der Waals surface area contributed by atoms with Crippen LogP contribution in [0.2, 0.25) is 0 Å². The Morgan fingerprint density at radius 2 is 2.03 bits per heavy atom. The molecule has 29 heavy (non-hydrogen) atoms. The Morgan fingerprint density at radius 1 is 1.24 bits per heavy atom. The summed E-state index contributed by atoms with van der Waals surface area (Å²) in [6, 6.07) is 9.52. The van der Waals surface area contributed by atoms with Crippen LogP contribution in [0.5, 0.6) is 0 Å². The summed E-state index contributed by atoms with van der Waals surface area (Å²) in [6.07, 6.45) is 3.36. The number of pyridine rings is 1. The van der Waals surface area contributed by atoms with E-state index in [1.54, 1.807) is 6.20 Å². The second-order valence-corrected chi connectivity index (χ2v) is 9.01. The van der Waals surface area contributed by atoms with Crippen molar-refractivity contribution in [2.24, 2.45) is 5.92 Å². The Labute approximate surface area is 172 Å².